The van der Waals surface area contributed by atoms with Crippen molar-refractivity contribution in [3.8, 4) is 0 Å². The summed E-state index contributed by atoms with van der Waals surface area (Å²) in [6.07, 6.45) is -0.591. The molecular weight excluding hydrogens is 379 g/mol. The molecule has 1 atom stereocenters. The minimum absolute atomic E-state index is 0. The molecule has 1 nitrogen and oxygen atoms in total. The molecule has 0 bridgehead atoms. The summed E-state index contributed by atoms with van der Waals surface area (Å²) in [6.45, 7) is 3.46. The molecule has 0 aromatic heterocycles. The van der Waals surface area contributed by atoms with Crippen LogP contribution in [0, 0.1) is 6.92 Å². The van der Waals surface area contributed by atoms with Crippen LogP contribution in [0.25, 0.3) is 0 Å². The number of aliphatic hydroxyl groups is 1. The summed E-state index contributed by atoms with van der Waals surface area (Å²) >= 11 is 0. The number of benzene rings is 1. The van der Waals surface area contributed by atoms with E-state index in [1.165, 1.54) is 0 Å². The van der Waals surface area contributed by atoms with Crippen molar-refractivity contribution in [3.05, 3.63) is 42.8 Å². The summed E-state index contributed by atoms with van der Waals surface area (Å²) in [4.78, 5) is 0. The van der Waals surface area contributed by atoms with Crippen LogP contribution >= 0.6 is 0 Å². The minimum Gasteiger partial charge on any atom is -0.421 e. The fourth-order valence-electron chi connectivity index (χ4n) is 0.675. The van der Waals surface area contributed by atoms with Crippen LogP contribution in [-0.4, -0.2) is 5.11 Å². The van der Waals surface area contributed by atoms with Crippen molar-refractivity contribution in [1.29, 1.82) is 0 Å². The Morgan fingerprint density at radius 2 is 1.42 bits per heavy atom. The molecule has 1 rings (SSSR count). The second-order valence-corrected chi connectivity index (χ2v) is 1.93. The normalized spacial score (nSPS) is 9.83. The van der Waals surface area contributed by atoms with Gasteiger partial charge in [-0.2, -0.15) is 0 Å². The summed E-state index contributed by atoms with van der Waals surface area (Å²) in [5.41, 5.74) is 0.859. The van der Waals surface area contributed by atoms with E-state index in [1.807, 2.05) is 30.3 Å². The van der Waals surface area contributed by atoms with Gasteiger partial charge in [-0.15, -0.1) is 0 Å². The van der Waals surface area contributed by atoms with Gasteiger partial charge in [-0.3, -0.25) is 0 Å². The molecule has 0 saturated carbocycles. The molecule has 1 N–H and O–H groups in total. The first-order valence-electron chi connectivity index (χ1n) is 2.87. The van der Waals surface area contributed by atoms with E-state index >= 15 is 0 Å². The van der Waals surface area contributed by atoms with Crippen LogP contribution < -0.4 is 0 Å². The Balaban J connectivity index is -0.000000270. The molecule has 0 aliphatic heterocycles. The summed E-state index contributed by atoms with van der Waals surface area (Å²) < 4.78 is 0. The van der Waals surface area contributed by atoms with Crippen molar-refractivity contribution >= 4 is 0 Å². The Kier molecular flexibility index (Phi) is 19.3. The van der Waals surface area contributed by atoms with E-state index in [1.54, 1.807) is 0 Å². The van der Waals surface area contributed by atoms with Gasteiger partial charge in [-0.05, 0) is 6.10 Å². The Morgan fingerprint density at radius 1 is 1.00 bits per heavy atom. The molecule has 0 spiro atoms. The zero-order chi connectivity index (χ0) is 6.69. The van der Waals surface area contributed by atoms with Crippen LogP contribution in [0.4, 0.5) is 0 Å². The predicted molar refractivity (Wildman–Crippen MR) is 36.8 cm³/mol. The van der Waals surface area contributed by atoms with Gasteiger partial charge in [-0.1, -0.05) is 35.9 Å². The van der Waals surface area contributed by atoms with Gasteiger partial charge in [-0.25, -0.2) is 0 Å². The summed E-state index contributed by atoms with van der Waals surface area (Å²) in [5, 5.41) is 8.91. The first-order valence-corrected chi connectivity index (χ1v) is 2.87. The Labute approximate surface area is 149 Å². The van der Waals surface area contributed by atoms with Crippen LogP contribution in [0.2, 0.25) is 0 Å². The standard InChI is InChI=1S/C8H9O.3Y/c1-7(9)8-5-3-2-4-6-8;;;/h2-7,9H,1H2;;;/q-1;;;. The third-order valence-corrected chi connectivity index (χ3v) is 1.18. The van der Waals surface area contributed by atoms with Crippen molar-refractivity contribution in [2.75, 3.05) is 0 Å². The van der Waals surface area contributed by atoms with Crippen molar-refractivity contribution < 1.29 is 103 Å². The maximum atomic E-state index is 8.91. The zero-order valence-electron chi connectivity index (χ0n) is 6.85. The third-order valence-electron chi connectivity index (χ3n) is 1.18. The average Bonchev–Trinajstić information content (AvgIpc) is 1.90. The number of aliphatic hydroxyl groups excluding tert-OH is 1. The van der Waals surface area contributed by atoms with Crippen LogP contribution in [-0.2, 0) is 98.1 Å². The van der Waals surface area contributed by atoms with Crippen molar-refractivity contribution in [2.24, 2.45) is 0 Å². The number of hydrogen-bond acceptors (Lipinski definition) is 1. The second kappa shape index (κ2) is 11.6. The third kappa shape index (κ3) is 7.86. The van der Waals surface area contributed by atoms with Crippen molar-refractivity contribution in [1.82, 2.24) is 0 Å². The van der Waals surface area contributed by atoms with Crippen LogP contribution in [0.5, 0.6) is 0 Å². The van der Waals surface area contributed by atoms with Gasteiger partial charge in [0.15, 0.2) is 0 Å². The van der Waals surface area contributed by atoms with E-state index in [4.69, 9.17) is 5.11 Å². The maximum absolute atomic E-state index is 8.91. The van der Waals surface area contributed by atoms with Gasteiger partial charge >= 0.3 is 0 Å². The van der Waals surface area contributed by atoms with Crippen molar-refractivity contribution in [2.45, 2.75) is 6.10 Å². The molecule has 0 aliphatic rings. The monoisotopic (exact) mass is 388 g/mol. The number of rotatable bonds is 1. The van der Waals surface area contributed by atoms with E-state index in [-0.39, 0.29) is 98.1 Å². The Morgan fingerprint density at radius 3 is 1.67 bits per heavy atom. The Hall–Kier alpha value is 2.49. The molecule has 0 saturated heterocycles. The molecule has 1 aromatic rings. The Bertz CT molecular complexity index is 177. The van der Waals surface area contributed by atoms with Crippen LogP contribution in [0.1, 0.15) is 11.7 Å². The smallest absolute Gasteiger partial charge is 0 e. The van der Waals surface area contributed by atoms with Gasteiger partial charge in [0.25, 0.3) is 0 Å². The largest absolute Gasteiger partial charge is 0.421 e. The van der Waals surface area contributed by atoms with E-state index in [2.05, 4.69) is 6.92 Å². The van der Waals surface area contributed by atoms with Gasteiger partial charge in [0.05, 0.1) is 0 Å². The number of hydrogen-bond donors (Lipinski definition) is 1. The molecule has 1 unspecified atom stereocenters. The predicted octanol–water partition coefficient (Wildman–Crippen LogP) is 1.55. The molecule has 57 valence electrons. The zero-order valence-corrected chi connectivity index (χ0v) is 15.4. The van der Waals surface area contributed by atoms with Crippen LogP contribution in [0.3, 0.4) is 0 Å². The van der Waals surface area contributed by atoms with Gasteiger partial charge in [0, 0.05) is 98.1 Å². The molecule has 3 radical (unpaired) electrons. The molecule has 0 amide bonds. The quantitative estimate of drug-likeness (QED) is 0.725. The molecule has 1 aromatic carbocycles. The summed E-state index contributed by atoms with van der Waals surface area (Å²) in [6, 6.07) is 9.36. The van der Waals surface area contributed by atoms with Crippen molar-refractivity contribution in [3.63, 3.8) is 0 Å². The van der Waals surface area contributed by atoms with Gasteiger partial charge in [0.1, 0.15) is 0 Å². The summed E-state index contributed by atoms with van der Waals surface area (Å²) in [7, 11) is 0. The molecule has 0 aliphatic carbocycles. The molecule has 0 heterocycles. The van der Waals surface area contributed by atoms with E-state index < -0.39 is 6.10 Å². The molecule has 12 heavy (non-hydrogen) atoms. The fourth-order valence-corrected chi connectivity index (χ4v) is 0.675. The van der Waals surface area contributed by atoms with Gasteiger partial charge < -0.3 is 12.0 Å². The molecule has 4 heteroatoms. The van der Waals surface area contributed by atoms with E-state index in [0.29, 0.717) is 0 Å². The van der Waals surface area contributed by atoms with Gasteiger partial charge in [0.2, 0.25) is 0 Å². The molecule has 0 fully saturated rings. The van der Waals surface area contributed by atoms with Crippen LogP contribution in [0.15, 0.2) is 30.3 Å². The minimum atomic E-state index is -0.591. The first kappa shape index (κ1) is 20.0. The SMILES string of the molecule is [CH2-]C(O)c1ccccc1.[Y].[Y].[Y]. The van der Waals surface area contributed by atoms with E-state index in [0.717, 1.165) is 5.56 Å². The average molecular weight is 388 g/mol. The first-order chi connectivity index (χ1) is 4.30. The maximum Gasteiger partial charge on any atom is 0 e. The second-order valence-electron chi connectivity index (χ2n) is 1.93. The fraction of sp³-hybridized carbons (Fsp3) is 0.125. The van der Waals surface area contributed by atoms with E-state index in [9.17, 15) is 0 Å². The molecular formula is C8H9OY3-. The topological polar surface area (TPSA) is 20.2 Å². The summed E-state index contributed by atoms with van der Waals surface area (Å²) in [5.74, 6) is 0.